The predicted octanol–water partition coefficient (Wildman–Crippen LogP) is 5.62. The molecule has 1 unspecified atom stereocenters. The minimum atomic E-state index is -0.361. The van der Waals surface area contributed by atoms with Crippen molar-refractivity contribution >= 4 is 16.8 Å². The molecule has 3 aromatic carbocycles. The van der Waals surface area contributed by atoms with Gasteiger partial charge in [0, 0.05) is 12.1 Å². The van der Waals surface area contributed by atoms with Crippen molar-refractivity contribution in [2.24, 2.45) is 0 Å². The van der Waals surface area contributed by atoms with E-state index in [1.807, 2.05) is 99.3 Å². The van der Waals surface area contributed by atoms with Crippen LogP contribution in [0.1, 0.15) is 53.6 Å². The number of aryl methyl sites for hydroxylation is 2. The van der Waals surface area contributed by atoms with Crippen LogP contribution in [0, 0.1) is 13.8 Å². The standard InChI is InChI=1S/C28H29N3O2/c1-5-25(30(6-2)27(32)22-15-8-7-13-20(22)4)26-29-24-17-10-9-16-23(24)28(33)31(26)21-14-11-12-19(3)18-21/h7-18,25H,5-6H2,1-4H3. The van der Waals surface area contributed by atoms with E-state index in [1.54, 1.807) is 10.6 Å². The molecule has 0 aliphatic rings. The quantitative estimate of drug-likeness (QED) is 0.392. The molecule has 1 aromatic heterocycles. The van der Waals surface area contributed by atoms with Gasteiger partial charge in [0.1, 0.15) is 5.82 Å². The number of para-hydroxylation sites is 1. The van der Waals surface area contributed by atoms with E-state index in [2.05, 4.69) is 0 Å². The van der Waals surface area contributed by atoms with E-state index < -0.39 is 0 Å². The number of hydrogen-bond donors (Lipinski definition) is 0. The lowest BCUT2D eigenvalue weighted by Gasteiger charge is -2.32. The van der Waals surface area contributed by atoms with Crippen LogP contribution < -0.4 is 5.56 Å². The number of carbonyl (C=O) groups is 1. The third-order valence-electron chi connectivity index (χ3n) is 6.10. The highest BCUT2D eigenvalue weighted by atomic mass is 16.2. The fourth-order valence-electron chi connectivity index (χ4n) is 4.41. The Morgan fingerprint density at radius 1 is 0.970 bits per heavy atom. The van der Waals surface area contributed by atoms with Crippen LogP contribution in [0.5, 0.6) is 0 Å². The molecule has 0 spiro atoms. The molecule has 0 saturated heterocycles. The second kappa shape index (κ2) is 9.41. The van der Waals surface area contributed by atoms with E-state index in [1.165, 1.54) is 0 Å². The van der Waals surface area contributed by atoms with Gasteiger partial charge in [-0.15, -0.1) is 0 Å². The number of carbonyl (C=O) groups excluding carboxylic acids is 1. The van der Waals surface area contributed by atoms with Crippen molar-refractivity contribution in [3.63, 3.8) is 0 Å². The number of hydrogen-bond acceptors (Lipinski definition) is 3. The molecule has 1 amide bonds. The van der Waals surface area contributed by atoms with Gasteiger partial charge in [0.2, 0.25) is 0 Å². The second-order valence-electron chi connectivity index (χ2n) is 8.30. The summed E-state index contributed by atoms with van der Waals surface area (Å²) in [7, 11) is 0. The smallest absolute Gasteiger partial charge is 0.266 e. The SMILES string of the molecule is CCC(c1nc2ccccc2c(=O)n1-c1cccc(C)c1)N(CC)C(=O)c1ccccc1C. The average Bonchev–Trinajstić information content (AvgIpc) is 2.82. The summed E-state index contributed by atoms with van der Waals surface area (Å²) < 4.78 is 1.68. The summed E-state index contributed by atoms with van der Waals surface area (Å²) in [6, 6.07) is 22.5. The first kappa shape index (κ1) is 22.5. The number of benzene rings is 3. The minimum Gasteiger partial charge on any atom is -0.329 e. The van der Waals surface area contributed by atoms with Gasteiger partial charge in [-0.05, 0) is 68.7 Å². The summed E-state index contributed by atoms with van der Waals surface area (Å²) >= 11 is 0. The molecule has 5 nitrogen and oxygen atoms in total. The van der Waals surface area contributed by atoms with Gasteiger partial charge in [0.15, 0.2) is 0 Å². The number of aromatic nitrogens is 2. The Hall–Kier alpha value is -3.73. The average molecular weight is 440 g/mol. The Balaban J connectivity index is 1.96. The highest BCUT2D eigenvalue weighted by molar-refractivity contribution is 5.96. The van der Waals surface area contributed by atoms with Crippen LogP contribution in [0.15, 0.2) is 77.6 Å². The zero-order valence-electron chi connectivity index (χ0n) is 19.6. The lowest BCUT2D eigenvalue weighted by atomic mass is 10.0. The number of nitrogens with zero attached hydrogens (tertiary/aromatic N) is 3. The van der Waals surface area contributed by atoms with Gasteiger partial charge in [-0.25, -0.2) is 4.98 Å². The van der Waals surface area contributed by atoms with Crippen molar-refractivity contribution in [1.82, 2.24) is 14.5 Å². The van der Waals surface area contributed by atoms with E-state index in [-0.39, 0.29) is 17.5 Å². The second-order valence-corrected chi connectivity index (χ2v) is 8.30. The van der Waals surface area contributed by atoms with E-state index >= 15 is 0 Å². The Kier molecular flexibility index (Phi) is 6.40. The summed E-state index contributed by atoms with van der Waals surface area (Å²) in [5.74, 6) is 0.524. The molecule has 0 bridgehead atoms. The molecule has 1 atom stereocenters. The maximum Gasteiger partial charge on any atom is 0.266 e. The molecular weight excluding hydrogens is 410 g/mol. The zero-order chi connectivity index (χ0) is 23.5. The topological polar surface area (TPSA) is 55.2 Å². The Labute approximate surface area is 194 Å². The molecule has 0 fully saturated rings. The molecular formula is C28H29N3O2. The molecule has 0 N–H and O–H groups in total. The first-order valence-electron chi connectivity index (χ1n) is 11.4. The zero-order valence-corrected chi connectivity index (χ0v) is 19.6. The normalized spacial score (nSPS) is 12.0. The van der Waals surface area contributed by atoms with Crippen molar-refractivity contribution in [2.75, 3.05) is 6.54 Å². The van der Waals surface area contributed by atoms with Crippen molar-refractivity contribution < 1.29 is 4.79 Å². The molecule has 4 rings (SSSR count). The van der Waals surface area contributed by atoms with Gasteiger partial charge in [-0.1, -0.05) is 49.4 Å². The molecule has 0 saturated carbocycles. The maximum absolute atomic E-state index is 13.7. The lowest BCUT2D eigenvalue weighted by Crippen LogP contribution is -2.38. The van der Waals surface area contributed by atoms with Crippen molar-refractivity contribution in [3.05, 3.63) is 106 Å². The molecule has 33 heavy (non-hydrogen) atoms. The number of amides is 1. The summed E-state index contributed by atoms with van der Waals surface area (Å²) in [6.45, 7) is 8.44. The maximum atomic E-state index is 13.7. The van der Waals surface area contributed by atoms with Crippen LogP contribution in [0.25, 0.3) is 16.6 Å². The van der Waals surface area contributed by atoms with Gasteiger partial charge >= 0.3 is 0 Å². The summed E-state index contributed by atoms with van der Waals surface area (Å²) in [5, 5.41) is 0.561. The van der Waals surface area contributed by atoms with Crippen molar-refractivity contribution in [2.45, 2.75) is 40.2 Å². The lowest BCUT2D eigenvalue weighted by molar-refractivity contribution is 0.0671. The van der Waals surface area contributed by atoms with Crippen LogP contribution in [0.2, 0.25) is 0 Å². The molecule has 168 valence electrons. The van der Waals surface area contributed by atoms with E-state index in [0.29, 0.717) is 35.3 Å². The van der Waals surface area contributed by atoms with Crippen molar-refractivity contribution in [3.8, 4) is 5.69 Å². The fourth-order valence-corrected chi connectivity index (χ4v) is 4.41. The predicted molar refractivity (Wildman–Crippen MR) is 133 cm³/mol. The largest absolute Gasteiger partial charge is 0.329 e. The van der Waals surface area contributed by atoms with Crippen LogP contribution in [-0.2, 0) is 0 Å². The van der Waals surface area contributed by atoms with Gasteiger partial charge in [0.05, 0.1) is 22.6 Å². The summed E-state index contributed by atoms with van der Waals surface area (Å²) in [5.41, 5.74) is 3.92. The van der Waals surface area contributed by atoms with E-state index in [4.69, 9.17) is 4.98 Å². The van der Waals surface area contributed by atoms with E-state index in [0.717, 1.165) is 16.8 Å². The minimum absolute atomic E-state index is 0.0550. The monoisotopic (exact) mass is 439 g/mol. The third-order valence-corrected chi connectivity index (χ3v) is 6.10. The molecule has 1 heterocycles. The highest BCUT2D eigenvalue weighted by Gasteiger charge is 2.29. The number of fused-ring (bicyclic) bond motifs is 1. The Bertz CT molecular complexity index is 1370. The van der Waals surface area contributed by atoms with Crippen LogP contribution in [-0.4, -0.2) is 26.9 Å². The van der Waals surface area contributed by atoms with Gasteiger partial charge < -0.3 is 4.90 Å². The molecule has 4 aromatic rings. The van der Waals surface area contributed by atoms with Gasteiger partial charge in [0.25, 0.3) is 11.5 Å². The Morgan fingerprint density at radius 2 is 1.70 bits per heavy atom. The first-order chi connectivity index (χ1) is 16.0. The Morgan fingerprint density at radius 3 is 2.39 bits per heavy atom. The fraction of sp³-hybridized carbons (Fsp3) is 0.250. The molecule has 0 radical (unpaired) electrons. The third kappa shape index (κ3) is 4.19. The highest BCUT2D eigenvalue weighted by Crippen LogP contribution is 2.28. The van der Waals surface area contributed by atoms with Gasteiger partial charge in [-0.3, -0.25) is 14.2 Å². The van der Waals surface area contributed by atoms with Crippen LogP contribution >= 0.6 is 0 Å². The number of rotatable bonds is 6. The van der Waals surface area contributed by atoms with Gasteiger partial charge in [-0.2, -0.15) is 0 Å². The van der Waals surface area contributed by atoms with Crippen LogP contribution in [0.4, 0.5) is 0 Å². The molecule has 0 aliphatic carbocycles. The van der Waals surface area contributed by atoms with E-state index in [9.17, 15) is 9.59 Å². The van der Waals surface area contributed by atoms with Crippen molar-refractivity contribution in [1.29, 1.82) is 0 Å². The van der Waals surface area contributed by atoms with Crippen LogP contribution in [0.3, 0.4) is 0 Å². The molecule has 0 aliphatic heterocycles. The first-order valence-corrected chi connectivity index (χ1v) is 11.4. The summed E-state index contributed by atoms with van der Waals surface area (Å²) in [4.78, 5) is 34.1. The summed E-state index contributed by atoms with van der Waals surface area (Å²) in [6.07, 6.45) is 0.627. The molecule has 5 heteroatoms.